The fraction of sp³-hybridized carbons (Fsp3) is 0.444. The van der Waals surface area contributed by atoms with E-state index in [0.717, 1.165) is 55.2 Å². The van der Waals surface area contributed by atoms with E-state index < -0.39 is 5.97 Å². The molecule has 1 saturated heterocycles. The van der Waals surface area contributed by atoms with Crippen molar-refractivity contribution in [1.82, 2.24) is 19.9 Å². The van der Waals surface area contributed by atoms with Crippen LogP contribution in [0.25, 0.3) is 11.4 Å². The van der Waals surface area contributed by atoms with Gasteiger partial charge in [-0.15, -0.1) is 0 Å². The number of carboxylic acid groups (broad SMARTS) is 1. The third-order valence-corrected chi connectivity index (χ3v) is 4.50. The van der Waals surface area contributed by atoms with Crippen molar-refractivity contribution in [2.45, 2.75) is 20.3 Å². The molecule has 132 valence electrons. The Morgan fingerprint density at radius 3 is 2.60 bits per heavy atom. The van der Waals surface area contributed by atoms with Gasteiger partial charge in [0, 0.05) is 55.4 Å². The zero-order valence-corrected chi connectivity index (χ0v) is 14.6. The van der Waals surface area contributed by atoms with E-state index in [1.807, 2.05) is 24.0 Å². The lowest BCUT2D eigenvalue weighted by Crippen LogP contribution is -2.48. The molecule has 1 fully saturated rings. The van der Waals surface area contributed by atoms with Crippen molar-refractivity contribution >= 4 is 11.8 Å². The first-order valence-corrected chi connectivity index (χ1v) is 8.55. The molecule has 2 aromatic rings. The van der Waals surface area contributed by atoms with Crippen LogP contribution in [-0.2, 0) is 11.2 Å². The molecule has 3 rings (SSSR count). The summed E-state index contributed by atoms with van der Waals surface area (Å²) in [4.78, 5) is 28.7. The van der Waals surface area contributed by atoms with Crippen LogP contribution in [0, 0.1) is 6.92 Å². The number of anilines is 1. The zero-order chi connectivity index (χ0) is 17.8. The van der Waals surface area contributed by atoms with Gasteiger partial charge in [-0.05, 0) is 25.5 Å². The van der Waals surface area contributed by atoms with Gasteiger partial charge >= 0.3 is 5.97 Å². The second-order valence-electron chi connectivity index (χ2n) is 6.19. The van der Waals surface area contributed by atoms with Gasteiger partial charge in [-0.3, -0.25) is 14.7 Å². The molecule has 0 spiro atoms. The zero-order valence-electron chi connectivity index (χ0n) is 14.6. The normalized spacial score (nSPS) is 15.4. The summed E-state index contributed by atoms with van der Waals surface area (Å²) in [5.41, 5.74) is 3.04. The molecule has 3 heterocycles. The molecule has 1 N–H and O–H groups in total. The Labute approximate surface area is 147 Å². The molecule has 1 aliphatic rings. The lowest BCUT2D eigenvalue weighted by atomic mass is 10.1. The maximum Gasteiger partial charge on any atom is 0.317 e. The van der Waals surface area contributed by atoms with Crippen LogP contribution < -0.4 is 4.90 Å². The van der Waals surface area contributed by atoms with Gasteiger partial charge in [0.15, 0.2) is 5.82 Å². The van der Waals surface area contributed by atoms with E-state index in [0.29, 0.717) is 5.82 Å². The molecule has 0 unspecified atom stereocenters. The molecule has 0 saturated carbocycles. The second kappa shape index (κ2) is 7.57. The van der Waals surface area contributed by atoms with Crippen molar-refractivity contribution in [3.05, 3.63) is 35.8 Å². The smallest absolute Gasteiger partial charge is 0.317 e. The summed E-state index contributed by atoms with van der Waals surface area (Å²) in [6.07, 6.45) is 4.37. The molecule has 1 aliphatic heterocycles. The molecule has 0 aliphatic carbocycles. The molecule has 0 bridgehead atoms. The number of hydrogen-bond acceptors (Lipinski definition) is 6. The van der Waals surface area contributed by atoms with Crippen molar-refractivity contribution in [2.75, 3.05) is 37.6 Å². The van der Waals surface area contributed by atoms with Gasteiger partial charge in [-0.25, -0.2) is 9.97 Å². The number of aliphatic carboxylic acids is 1. The van der Waals surface area contributed by atoms with Gasteiger partial charge in [-0.2, -0.15) is 0 Å². The average Bonchev–Trinajstić information content (AvgIpc) is 2.62. The highest BCUT2D eigenvalue weighted by Crippen LogP contribution is 2.26. The Balaban J connectivity index is 1.87. The molecule has 0 radical (unpaired) electrons. The number of nitrogens with zero attached hydrogens (tertiary/aromatic N) is 5. The third-order valence-electron chi connectivity index (χ3n) is 4.50. The number of hydrogen-bond donors (Lipinski definition) is 1. The lowest BCUT2D eigenvalue weighted by Gasteiger charge is -2.35. The van der Waals surface area contributed by atoms with Crippen LogP contribution in [0.5, 0.6) is 0 Å². The van der Waals surface area contributed by atoms with E-state index in [1.54, 1.807) is 12.4 Å². The quantitative estimate of drug-likeness (QED) is 0.885. The number of aryl methyl sites for hydroxylation is 1. The summed E-state index contributed by atoms with van der Waals surface area (Å²) in [7, 11) is 0. The lowest BCUT2D eigenvalue weighted by molar-refractivity contribution is -0.138. The Bertz CT molecular complexity index is 743. The van der Waals surface area contributed by atoms with E-state index in [4.69, 9.17) is 10.1 Å². The molecule has 2 aromatic heterocycles. The van der Waals surface area contributed by atoms with Crippen LogP contribution in [0.1, 0.15) is 18.2 Å². The topological polar surface area (TPSA) is 82.5 Å². The standard InChI is InChI=1S/C18H23N5O2/c1-3-15-13(2)20-17(14-5-4-6-19-11-14)21-18(15)23-9-7-22(8-10-23)12-16(24)25/h4-6,11H,3,7-10,12H2,1-2H3,(H,24,25). The van der Waals surface area contributed by atoms with Gasteiger partial charge in [0.05, 0.1) is 6.54 Å². The van der Waals surface area contributed by atoms with Crippen molar-refractivity contribution in [1.29, 1.82) is 0 Å². The Morgan fingerprint density at radius 2 is 2.00 bits per heavy atom. The fourth-order valence-electron chi connectivity index (χ4n) is 3.19. The van der Waals surface area contributed by atoms with Gasteiger partial charge in [0.1, 0.15) is 5.82 Å². The molecule has 0 atom stereocenters. The van der Waals surface area contributed by atoms with Crippen LogP contribution >= 0.6 is 0 Å². The van der Waals surface area contributed by atoms with E-state index in [9.17, 15) is 4.79 Å². The highest BCUT2D eigenvalue weighted by molar-refractivity contribution is 5.69. The number of carbonyl (C=O) groups is 1. The predicted molar refractivity (Wildman–Crippen MR) is 95.7 cm³/mol. The first kappa shape index (κ1) is 17.3. The predicted octanol–water partition coefficient (Wildman–Crippen LogP) is 1.62. The van der Waals surface area contributed by atoms with Crippen LogP contribution in [0.3, 0.4) is 0 Å². The Hall–Kier alpha value is -2.54. The second-order valence-corrected chi connectivity index (χ2v) is 6.19. The number of rotatable bonds is 5. The molecule has 7 nitrogen and oxygen atoms in total. The molecule has 7 heteroatoms. The number of pyridine rings is 1. The largest absolute Gasteiger partial charge is 0.480 e. The van der Waals surface area contributed by atoms with Crippen molar-refractivity contribution in [3.8, 4) is 11.4 Å². The minimum Gasteiger partial charge on any atom is -0.480 e. The van der Waals surface area contributed by atoms with E-state index in [2.05, 4.69) is 21.8 Å². The van der Waals surface area contributed by atoms with Crippen LogP contribution in [0.15, 0.2) is 24.5 Å². The maximum absolute atomic E-state index is 10.9. The molecule has 0 amide bonds. The number of carboxylic acids is 1. The van der Waals surface area contributed by atoms with Gasteiger partial charge < -0.3 is 10.0 Å². The Morgan fingerprint density at radius 1 is 1.24 bits per heavy atom. The number of piperazine rings is 1. The summed E-state index contributed by atoms with van der Waals surface area (Å²) in [5, 5.41) is 8.95. The first-order chi connectivity index (χ1) is 12.1. The first-order valence-electron chi connectivity index (χ1n) is 8.55. The molecule has 0 aromatic carbocycles. The fourth-order valence-corrected chi connectivity index (χ4v) is 3.19. The summed E-state index contributed by atoms with van der Waals surface area (Å²) in [6, 6.07) is 3.84. The molecular formula is C18H23N5O2. The third kappa shape index (κ3) is 3.93. The monoisotopic (exact) mass is 341 g/mol. The van der Waals surface area contributed by atoms with Crippen LogP contribution in [-0.4, -0.2) is 63.7 Å². The highest BCUT2D eigenvalue weighted by Gasteiger charge is 2.23. The molecular weight excluding hydrogens is 318 g/mol. The SMILES string of the molecule is CCc1c(C)nc(-c2cccnc2)nc1N1CCN(CC(=O)O)CC1. The summed E-state index contributed by atoms with van der Waals surface area (Å²) in [6.45, 7) is 7.20. The van der Waals surface area contributed by atoms with Crippen molar-refractivity contribution < 1.29 is 9.90 Å². The van der Waals surface area contributed by atoms with E-state index in [-0.39, 0.29) is 6.54 Å². The van der Waals surface area contributed by atoms with E-state index in [1.165, 1.54) is 0 Å². The minimum atomic E-state index is -0.778. The highest BCUT2D eigenvalue weighted by atomic mass is 16.4. The van der Waals surface area contributed by atoms with Gasteiger partial charge in [0.2, 0.25) is 0 Å². The minimum absolute atomic E-state index is 0.0954. The maximum atomic E-state index is 10.9. The van der Waals surface area contributed by atoms with Gasteiger partial charge in [0.25, 0.3) is 0 Å². The van der Waals surface area contributed by atoms with Crippen LogP contribution in [0.4, 0.5) is 5.82 Å². The summed E-state index contributed by atoms with van der Waals surface area (Å²) < 4.78 is 0. The van der Waals surface area contributed by atoms with Crippen molar-refractivity contribution in [3.63, 3.8) is 0 Å². The number of aromatic nitrogens is 3. The summed E-state index contributed by atoms with van der Waals surface area (Å²) in [5.74, 6) is 0.869. The van der Waals surface area contributed by atoms with Gasteiger partial charge in [-0.1, -0.05) is 6.92 Å². The summed E-state index contributed by atoms with van der Waals surface area (Å²) >= 11 is 0. The Kier molecular flexibility index (Phi) is 5.23. The van der Waals surface area contributed by atoms with E-state index >= 15 is 0 Å². The molecule has 25 heavy (non-hydrogen) atoms. The average molecular weight is 341 g/mol. The van der Waals surface area contributed by atoms with Crippen LogP contribution in [0.2, 0.25) is 0 Å². The van der Waals surface area contributed by atoms with Crippen molar-refractivity contribution in [2.24, 2.45) is 0 Å².